The Morgan fingerprint density at radius 3 is 2.82 bits per heavy atom. The monoisotopic (exact) mass is 328 g/mol. The molecule has 1 aromatic carbocycles. The van der Waals surface area contributed by atoms with Gasteiger partial charge in [-0.2, -0.15) is 4.31 Å². The van der Waals surface area contributed by atoms with Crippen molar-refractivity contribution in [3.8, 4) is 0 Å². The highest BCUT2D eigenvalue weighted by atomic mass is 32.2. The predicted octanol–water partition coefficient (Wildman–Crippen LogP) is -1.13. The van der Waals surface area contributed by atoms with E-state index in [0.29, 0.717) is 37.3 Å². The summed E-state index contributed by atoms with van der Waals surface area (Å²) in [7, 11) is -3.59. The molecular weight excluding hydrogens is 312 g/mol. The van der Waals surface area contributed by atoms with Gasteiger partial charge in [-0.15, -0.1) is 5.10 Å². The zero-order valence-corrected chi connectivity index (χ0v) is 12.6. The lowest BCUT2D eigenvalue weighted by molar-refractivity contribution is 0.0582. The van der Waals surface area contributed by atoms with Gasteiger partial charge in [0.05, 0.1) is 24.7 Å². The number of aliphatic hydroxyl groups is 1. The summed E-state index contributed by atoms with van der Waals surface area (Å²) < 4.78 is 31.8. The second-order valence-electron chi connectivity index (χ2n) is 4.69. The topological polar surface area (TPSA) is 107 Å². The summed E-state index contributed by atoms with van der Waals surface area (Å²) >= 11 is 0. The van der Waals surface area contributed by atoms with E-state index in [4.69, 9.17) is 14.7 Å². The lowest BCUT2D eigenvalue weighted by Crippen LogP contribution is -2.40. The molecule has 22 heavy (non-hydrogen) atoms. The van der Waals surface area contributed by atoms with Crippen LogP contribution >= 0.6 is 0 Å². The fraction of sp³-hybridized carbons (Fsp3) is 0.500. The maximum atomic E-state index is 12.6. The standard InChI is InChI=1S/C12H16N4O5S/c17-5-8-21-16-12-9-10(1-2-11(12)13-14-16)22(18,19)15-3-6-20-7-4-15/h1-2,9,17H,3-8H2. The SMILES string of the molecule is O=S(=O)(c1ccc2nnn(OCCO)c2c1)N1CCOCC1. The van der Waals surface area contributed by atoms with Crippen molar-refractivity contribution in [3.63, 3.8) is 0 Å². The minimum Gasteiger partial charge on any atom is -0.393 e. The molecule has 1 saturated heterocycles. The van der Waals surface area contributed by atoms with Crippen molar-refractivity contribution in [2.45, 2.75) is 4.90 Å². The van der Waals surface area contributed by atoms with Crippen LogP contribution in [0, 0.1) is 0 Å². The van der Waals surface area contributed by atoms with Crippen molar-refractivity contribution in [2.75, 3.05) is 39.5 Å². The number of aromatic nitrogens is 3. The average Bonchev–Trinajstić information content (AvgIpc) is 2.96. The van der Waals surface area contributed by atoms with Crippen LogP contribution in [0.15, 0.2) is 23.1 Å². The molecule has 0 aliphatic carbocycles. The molecule has 2 aromatic rings. The minimum atomic E-state index is -3.59. The Bertz CT molecular complexity index is 754. The molecule has 0 atom stereocenters. The van der Waals surface area contributed by atoms with Crippen molar-refractivity contribution in [3.05, 3.63) is 18.2 Å². The van der Waals surface area contributed by atoms with Crippen LogP contribution in [0.2, 0.25) is 0 Å². The molecule has 10 heteroatoms. The zero-order chi connectivity index (χ0) is 15.6. The molecule has 2 heterocycles. The quantitative estimate of drug-likeness (QED) is 0.740. The number of nitrogens with zero attached hydrogens (tertiary/aromatic N) is 4. The van der Waals surface area contributed by atoms with E-state index in [1.165, 1.54) is 16.4 Å². The van der Waals surface area contributed by atoms with Crippen molar-refractivity contribution in [2.24, 2.45) is 0 Å². The Labute approximate surface area is 127 Å². The van der Waals surface area contributed by atoms with Gasteiger partial charge in [-0.25, -0.2) is 8.42 Å². The number of benzene rings is 1. The van der Waals surface area contributed by atoms with Crippen LogP contribution in [0.1, 0.15) is 0 Å². The van der Waals surface area contributed by atoms with Crippen LogP contribution in [0.25, 0.3) is 11.0 Å². The molecule has 0 radical (unpaired) electrons. The van der Waals surface area contributed by atoms with E-state index in [1.54, 1.807) is 6.07 Å². The number of morpholine rings is 1. The molecule has 0 amide bonds. The average molecular weight is 328 g/mol. The van der Waals surface area contributed by atoms with Gasteiger partial charge in [-0.3, -0.25) is 0 Å². The van der Waals surface area contributed by atoms with Crippen LogP contribution in [0.5, 0.6) is 0 Å². The van der Waals surface area contributed by atoms with Crippen molar-refractivity contribution >= 4 is 21.1 Å². The van der Waals surface area contributed by atoms with Gasteiger partial charge in [0.25, 0.3) is 0 Å². The summed E-state index contributed by atoms with van der Waals surface area (Å²) in [5, 5.41) is 16.4. The first-order valence-electron chi connectivity index (χ1n) is 6.80. The number of sulfonamides is 1. The fourth-order valence-electron chi connectivity index (χ4n) is 2.20. The van der Waals surface area contributed by atoms with Crippen molar-refractivity contribution in [1.29, 1.82) is 0 Å². The van der Waals surface area contributed by atoms with Gasteiger partial charge >= 0.3 is 0 Å². The Morgan fingerprint density at radius 2 is 2.09 bits per heavy atom. The summed E-state index contributed by atoms with van der Waals surface area (Å²) in [4.78, 5) is 6.45. The van der Waals surface area contributed by atoms with Gasteiger partial charge in [0.1, 0.15) is 17.6 Å². The van der Waals surface area contributed by atoms with Gasteiger partial charge in [0, 0.05) is 13.1 Å². The van der Waals surface area contributed by atoms with Crippen LogP contribution < -0.4 is 4.84 Å². The molecule has 0 spiro atoms. The molecule has 120 valence electrons. The fourth-order valence-corrected chi connectivity index (χ4v) is 3.63. The Hall–Kier alpha value is -1.75. The largest absolute Gasteiger partial charge is 0.393 e. The maximum absolute atomic E-state index is 12.6. The molecule has 9 nitrogen and oxygen atoms in total. The molecule has 0 unspecified atom stereocenters. The number of hydrogen-bond donors (Lipinski definition) is 1. The molecule has 0 bridgehead atoms. The van der Waals surface area contributed by atoms with Crippen LogP contribution in [-0.4, -0.2) is 72.5 Å². The number of fused-ring (bicyclic) bond motifs is 1. The summed E-state index contributed by atoms with van der Waals surface area (Å²) in [5.74, 6) is 0. The third-order valence-corrected chi connectivity index (χ3v) is 5.19. The van der Waals surface area contributed by atoms with Gasteiger partial charge in [-0.1, -0.05) is 4.85 Å². The van der Waals surface area contributed by atoms with E-state index >= 15 is 0 Å². The number of aliphatic hydroxyl groups excluding tert-OH is 1. The van der Waals surface area contributed by atoms with Gasteiger partial charge in [-0.05, 0) is 23.4 Å². The van der Waals surface area contributed by atoms with Gasteiger partial charge in [0.2, 0.25) is 10.0 Å². The van der Waals surface area contributed by atoms with E-state index in [9.17, 15) is 8.42 Å². The first-order chi connectivity index (χ1) is 10.6. The van der Waals surface area contributed by atoms with Crippen LogP contribution in [0.3, 0.4) is 0 Å². The highest BCUT2D eigenvalue weighted by Gasteiger charge is 2.27. The maximum Gasteiger partial charge on any atom is 0.243 e. The molecule has 1 fully saturated rings. The molecule has 1 N–H and O–H groups in total. The zero-order valence-electron chi connectivity index (χ0n) is 11.8. The second kappa shape index (κ2) is 6.16. The molecular formula is C12H16N4O5S. The van der Waals surface area contributed by atoms with E-state index in [2.05, 4.69) is 10.3 Å². The predicted molar refractivity (Wildman–Crippen MR) is 75.6 cm³/mol. The Kier molecular flexibility index (Phi) is 4.25. The summed E-state index contributed by atoms with van der Waals surface area (Å²) in [5.41, 5.74) is 0.946. The molecule has 3 rings (SSSR count). The molecule has 0 saturated carbocycles. The Balaban J connectivity index is 1.96. The van der Waals surface area contributed by atoms with Crippen LogP contribution in [-0.2, 0) is 14.8 Å². The Morgan fingerprint density at radius 1 is 1.32 bits per heavy atom. The highest BCUT2D eigenvalue weighted by Crippen LogP contribution is 2.21. The van der Waals surface area contributed by atoms with E-state index in [-0.39, 0.29) is 18.1 Å². The summed E-state index contributed by atoms with van der Waals surface area (Å²) in [6, 6.07) is 4.55. The summed E-state index contributed by atoms with van der Waals surface area (Å²) in [6.07, 6.45) is 0. The highest BCUT2D eigenvalue weighted by molar-refractivity contribution is 7.89. The minimum absolute atomic E-state index is 0.0406. The number of rotatable bonds is 5. The van der Waals surface area contributed by atoms with Crippen molar-refractivity contribution < 1.29 is 23.1 Å². The number of hydrogen-bond acceptors (Lipinski definition) is 7. The van der Waals surface area contributed by atoms with E-state index in [0.717, 1.165) is 4.85 Å². The second-order valence-corrected chi connectivity index (χ2v) is 6.62. The van der Waals surface area contributed by atoms with Gasteiger partial charge < -0.3 is 14.7 Å². The smallest absolute Gasteiger partial charge is 0.243 e. The summed E-state index contributed by atoms with van der Waals surface area (Å²) in [6.45, 7) is 1.31. The number of ether oxygens (including phenoxy) is 1. The van der Waals surface area contributed by atoms with Gasteiger partial charge in [0.15, 0.2) is 0 Å². The molecule has 1 aliphatic rings. The van der Waals surface area contributed by atoms with E-state index < -0.39 is 10.0 Å². The molecule has 1 aliphatic heterocycles. The lowest BCUT2D eigenvalue weighted by Gasteiger charge is -2.26. The van der Waals surface area contributed by atoms with Crippen molar-refractivity contribution in [1.82, 2.24) is 19.5 Å². The molecule has 1 aromatic heterocycles. The first-order valence-corrected chi connectivity index (χ1v) is 8.24. The first kappa shape index (κ1) is 15.2. The van der Waals surface area contributed by atoms with Crippen LogP contribution in [0.4, 0.5) is 0 Å². The third-order valence-electron chi connectivity index (χ3n) is 3.30. The third kappa shape index (κ3) is 2.77. The normalized spacial score (nSPS) is 17.0. The van der Waals surface area contributed by atoms with E-state index in [1.807, 2.05) is 0 Å². The lowest BCUT2D eigenvalue weighted by atomic mass is 10.3.